The molecule has 5 heteroatoms. The van der Waals surface area contributed by atoms with Gasteiger partial charge in [0.2, 0.25) is 5.89 Å². The van der Waals surface area contributed by atoms with Crippen molar-refractivity contribution in [3.63, 3.8) is 0 Å². The Labute approximate surface area is 76.1 Å². The fourth-order valence-electron chi connectivity index (χ4n) is 0.838. The normalized spacial score (nSPS) is 10.5. The summed E-state index contributed by atoms with van der Waals surface area (Å²) < 4.78 is 5.29. The molecule has 1 N–H and O–H groups in total. The standard InChI is InChI=1S/C7H13N3OS/c1-8-5-3-4-6-9-10-7(11-6)12-2/h8H,3-5H2,1-2H3. The van der Waals surface area contributed by atoms with E-state index in [1.54, 1.807) is 0 Å². The fourth-order valence-corrected chi connectivity index (χ4v) is 1.14. The van der Waals surface area contributed by atoms with Crippen LogP contribution in [-0.2, 0) is 6.42 Å². The zero-order chi connectivity index (χ0) is 8.81. The first-order valence-corrected chi connectivity index (χ1v) is 5.10. The molecule has 0 aliphatic heterocycles. The fraction of sp³-hybridized carbons (Fsp3) is 0.714. The van der Waals surface area contributed by atoms with Gasteiger partial charge in [0.05, 0.1) is 0 Å². The third-order valence-corrected chi connectivity index (χ3v) is 1.95. The average molecular weight is 187 g/mol. The van der Waals surface area contributed by atoms with Crippen LogP contribution in [0.25, 0.3) is 0 Å². The molecule has 0 aliphatic rings. The maximum Gasteiger partial charge on any atom is 0.276 e. The molecule has 0 atom stereocenters. The second-order valence-corrected chi connectivity index (χ2v) is 3.13. The summed E-state index contributed by atoms with van der Waals surface area (Å²) in [5, 5.41) is 11.4. The van der Waals surface area contributed by atoms with Crippen LogP contribution in [0.5, 0.6) is 0 Å². The molecule has 1 aromatic rings. The van der Waals surface area contributed by atoms with E-state index < -0.39 is 0 Å². The summed E-state index contributed by atoms with van der Waals surface area (Å²) in [6, 6.07) is 0. The molecule has 68 valence electrons. The first-order valence-electron chi connectivity index (χ1n) is 3.87. The van der Waals surface area contributed by atoms with Crippen LogP contribution in [0.4, 0.5) is 0 Å². The Hall–Kier alpha value is -0.550. The molecule has 0 amide bonds. The second kappa shape index (κ2) is 5.16. The maximum absolute atomic E-state index is 5.29. The number of aromatic nitrogens is 2. The summed E-state index contributed by atoms with van der Waals surface area (Å²) >= 11 is 1.47. The Morgan fingerprint density at radius 3 is 2.92 bits per heavy atom. The number of rotatable bonds is 5. The van der Waals surface area contributed by atoms with E-state index in [2.05, 4.69) is 15.5 Å². The largest absolute Gasteiger partial charge is 0.416 e. The van der Waals surface area contributed by atoms with E-state index >= 15 is 0 Å². The van der Waals surface area contributed by atoms with E-state index in [-0.39, 0.29) is 0 Å². The first kappa shape index (κ1) is 9.54. The van der Waals surface area contributed by atoms with E-state index in [9.17, 15) is 0 Å². The monoisotopic (exact) mass is 187 g/mol. The molecule has 0 saturated carbocycles. The van der Waals surface area contributed by atoms with Crippen LogP contribution in [-0.4, -0.2) is 30.0 Å². The molecule has 0 spiro atoms. The molecular weight excluding hydrogens is 174 g/mol. The zero-order valence-corrected chi connectivity index (χ0v) is 8.15. The molecule has 0 aliphatic carbocycles. The Balaban J connectivity index is 2.31. The number of hydrogen-bond acceptors (Lipinski definition) is 5. The van der Waals surface area contributed by atoms with Crippen molar-refractivity contribution < 1.29 is 4.42 Å². The molecular formula is C7H13N3OS. The van der Waals surface area contributed by atoms with E-state index in [4.69, 9.17) is 4.42 Å². The number of hydrogen-bond donors (Lipinski definition) is 1. The number of nitrogens with zero attached hydrogens (tertiary/aromatic N) is 2. The molecule has 1 aromatic heterocycles. The topological polar surface area (TPSA) is 51.0 Å². The number of aryl methyl sites for hydroxylation is 1. The van der Waals surface area contributed by atoms with Crippen molar-refractivity contribution in [2.45, 2.75) is 18.1 Å². The van der Waals surface area contributed by atoms with Crippen molar-refractivity contribution in [2.75, 3.05) is 19.8 Å². The number of nitrogens with one attached hydrogen (secondary N) is 1. The van der Waals surface area contributed by atoms with Gasteiger partial charge in [0, 0.05) is 6.42 Å². The minimum Gasteiger partial charge on any atom is -0.416 e. The molecule has 4 nitrogen and oxygen atoms in total. The SMILES string of the molecule is CNCCCc1nnc(SC)o1. The summed E-state index contributed by atoms with van der Waals surface area (Å²) in [6.07, 6.45) is 3.81. The van der Waals surface area contributed by atoms with Crippen LogP contribution < -0.4 is 5.32 Å². The van der Waals surface area contributed by atoms with Crippen LogP contribution in [0.15, 0.2) is 9.64 Å². The smallest absolute Gasteiger partial charge is 0.276 e. The molecule has 0 radical (unpaired) electrons. The molecule has 1 heterocycles. The van der Waals surface area contributed by atoms with Gasteiger partial charge in [0.1, 0.15) is 0 Å². The lowest BCUT2D eigenvalue weighted by atomic mass is 10.3. The zero-order valence-electron chi connectivity index (χ0n) is 7.33. The molecule has 0 unspecified atom stereocenters. The highest BCUT2D eigenvalue weighted by Crippen LogP contribution is 2.12. The van der Waals surface area contributed by atoms with Gasteiger partial charge in [-0.15, -0.1) is 10.2 Å². The lowest BCUT2D eigenvalue weighted by Crippen LogP contribution is -2.08. The number of thioether (sulfide) groups is 1. The van der Waals surface area contributed by atoms with Gasteiger partial charge in [-0.3, -0.25) is 0 Å². The van der Waals surface area contributed by atoms with Crippen molar-refractivity contribution in [3.05, 3.63) is 5.89 Å². The van der Waals surface area contributed by atoms with Crippen molar-refractivity contribution in [1.82, 2.24) is 15.5 Å². The highest BCUT2D eigenvalue weighted by atomic mass is 32.2. The lowest BCUT2D eigenvalue weighted by Gasteiger charge is -1.93. The van der Waals surface area contributed by atoms with Crippen molar-refractivity contribution in [1.29, 1.82) is 0 Å². The third-order valence-electron chi connectivity index (χ3n) is 1.44. The van der Waals surface area contributed by atoms with Gasteiger partial charge >= 0.3 is 0 Å². The summed E-state index contributed by atoms with van der Waals surface area (Å²) in [6.45, 7) is 0.983. The summed E-state index contributed by atoms with van der Waals surface area (Å²) in [5.74, 6) is 0.731. The Morgan fingerprint density at radius 2 is 2.33 bits per heavy atom. The summed E-state index contributed by atoms with van der Waals surface area (Å²) in [5.41, 5.74) is 0. The van der Waals surface area contributed by atoms with Crippen LogP contribution in [0.1, 0.15) is 12.3 Å². The Morgan fingerprint density at radius 1 is 1.50 bits per heavy atom. The van der Waals surface area contributed by atoms with E-state index in [0.717, 1.165) is 25.3 Å². The van der Waals surface area contributed by atoms with Gasteiger partial charge < -0.3 is 9.73 Å². The Kier molecular flexibility index (Phi) is 4.10. The second-order valence-electron chi connectivity index (χ2n) is 2.37. The van der Waals surface area contributed by atoms with Gasteiger partial charge in [-0.05, 0) is 26.3 Å². The van der Waals surface area contributed by atoms with E-state index in [1.807, 2.05) is 13.3 Å². The molecule has 0 fully saturated rings. The highest BCUT2D eigenvalue weighted by molar-refractivity contribution is 7.98. The lowest BCUT2D eigenvalue weighted by molar-refractivity contribution is 0.409. The maximum atomic E-state index is 5.29. The van der Waals surface area contributed by atoms with Gasteiger partial charge in [-0.2, -0.15) is 0 Å². The quantitative estimate of drug-likeness (QED) is 0.549. The van der Waals surface area contributed by atoms with E-state index in [1.165, 1.54) is 11.8 Å². The van der Waals surface area contributed by atoms with Crippen LogP contribution in [0.3, 0.4) is 0 Å². The van der Waals surface area contributed by atoms with Crippen molar-refractivity contribution in [3.8, 4) is 0 Å². The molecule has 0 bridgehead atoms. The molecule has 1 rings (SSSR count). The van der Waals surface area contributed by atoms with Crippen LogP contribution in [0, 0.1) is 0 Å². The highest BCUT2D eigenvalue weighted by Gasteiger charge is 2.02. The predicted octanol–water partition coefficient (Wildman–Crippen LogP) is 0.944. The first-order chi connectivity index (χ1) is 5.86. The van der Waals surface area contributed by atoms with Gasteiger partial charge in [-0.25, -0.2) is 0 Å². The van der Waals surface area contributed by atoms with Gasteiger partial charge in [0.15, 0.2) is 0 Å². The minimum absolute atomic E-state index is 0.648. The minimum atomic E-state index is 0.648. The van der Waals surface area contributed by atoms with Crippen molar-refractivity contribution >= 4 is 11.8 Å². The molecule has 0 aromatic carbocycles. The predicted molar refractivity (Wildman–Crippen MR) is 48.3 cm³/mol. The summed E-state index contributed by atoms with van der Waals surface area (Å²) in [7, 11) is 1.93. The van der Waals surface area contributed by atoms with Crippen molar-refractivity contribution in [2.24, 2.45) is 0 Å². The van der Waals surface area contributed by atoms with Crippen LogP contribution >= 0.6 is 11.8 Å². The van der Waals surface area contributed by atoms with E-state index in [0.29, 0.717) is 5.22 Å². The van der Waals surface area contributed by atoms with Gasteiger partial charge in [0.25, 0.3) is 5.22 Å². The van der Waals surface area contributed by atoms with Gasteiger partial charge in [-0.1, -0.05) is 11.8 Å². The van der Waals surface area contributed by atoms with Crippen LogP contribution in [0.2, 0.25) is 0 Å². The molecule has 0 saturated heterocycles. The Bertz CT molecular complexity index is 226. The molecule has 12 heavy (non-hydrogen) atoms. The average Bonchev–Trinajstić information content (AvgIpc) is 2.53. The summed E-state index contributed by atoms with van der Waals surface area (Å²) in [4.78, 5) is 0. The third kappa shape index (κ3) is 2.83.